The lowest BCUT2D eigenvalue weighted by Gasteiger charge is -2.10. The number of nitro benzene ring substituents is 1. The highest BCUT2D eigenvalue weighted by Gasteiger charge is 2.11. The summed E-state index contributed by atoms with van der Waals surface area (Å²) >= 11 is 1.73. The highest BCUT2D eigenvalue weighted by atomic mass is 127. The first kappa shape index (κ1) is 20.4. The van der Waals surface area contributed by atoms with Crippen LogP contribution in [0.3, 0.4) is 0 Å². The molecule has 1 aromatic heterocycles. The summed E-state index contributed by atoms with van der Waals surface area (Å²) in [6.07, 6.45) is 0. The number of aliphatic imine (C=N–C) groups is 1. The molecule has 0 saturated heterocycles. The Labute approximate surface area is 162 Å². The van der Waals surface area contributed by atoms with Crippen molar-refractivity contribution < 1.29 is 4.92 Å². The molecule has 2 rings (SSSR count). The average molecular weight is 460 g/mol. The van der Waals surface area contributed by atoms with Crippen molar-refractivity contribution in [2.24, 2.45) is 4.99 Å². The maximum Gasteiger partial charge on any atom is 0.274 e. The van der Waals surface area contributed by atoms with Gasteiger partial charge in [-0.15, -0.1) is 35.3 Å². The number of aryl methyl sites for hydroxylation is 1. The van der Waals surface area contributed by atoms with Crippen LogP contribution < -0.4 is 10.6 Å². The maximum atomic E-state index is 11.0. The van der Waals surface area contributed by atoms with Gasteiger partial charge in [-0.2, -0.15) is 0 Å². The van der Waals surface area contributed by atoms with Crippen molar-refractivity contribution >= 4 is 47.0 Å². The fourth-order valence-electron chi connectivity index (χ4n) is 2.08. The number of hydrogen-bond acceptors (Lipinski definition) is 4. The van der Waals surface area contributed by atoms with Crippen LogP contribution >= 0.6 is 35.3 Å². The summed E-state index contributed by atoms with van der Waals surface area (Å²) in [7, 11) is 0. The zero-order chi connectivity index (χ0) is 16.7. The average Bonchev–Trinajstić information content (AvgIpc) is 2.95. The predicted molar refractivity (Wildman–Crippen MR) is 109 cm³/mol. The van der Waals surface area contributed by atoms with Crippen LogP contribution in [0.25, 0.3) is 0 Å². The van der Waals surface area contributed by atoms with E-state index in [-0.39, 0.29) is 41.1 Å². The quantitative estimate of drug-likeness (QED) is 0.226. The van der Waals surface area contributed by atoms with Gasteiger partial charge >= 0.3 is 0 Å². The molecule has 2 N–H and O–H groups in total. The zero-order valence-electron chi connectivity index (χ0n) is 13.6. The summed E-state index contributed by atoms with van der Waals surface area (Å²) in [4.78, 5) is 17.6. The SMILES string of the molecule is CCNC(=NCc1ccccc1[N+](=O)[O-])NCc1ccc(C)s1.I. The number of thiophene rings is 1. The van der Waals surface area contributed by atoms with Crippen molar-refractivity contribution in [3.8, 4) is 0 Å². The summed E-state index contributed by atoms with van der Waals surface area (Å²) in [6, 6.07) is 10.8. The molecule has 24 heavy (non-hydrogen) atoms. The van der Waals surface area contributed by atoms with Gasteiger partial charge in [-0.25, -0.2) is 4.99 Å². The molecule has 0 aliphatic carbocycles. The Kier molecular flexibility index (Phi) is 8.69. The van der Waals surface area contributed by atoms with Gasteiger partial charge in [0.15, 0.2) is 5.96 Å². The first-order valence-corrected chi connectivity index (χ1v) is 8.21. The summed E-state index contributed by atoms with van der Waals surface area (Å²) in [5.74, 6) is 0.650. The van der Waals surface area contributed by atoms with Crippen molar-refractivity contribution in [2.75, 3.05) is 6.54 Å². The Morgan fingerprint density at radius 1 is 1.25 bits per heavy atom. The van der Waals surface area contributed by atoms with Crippen LogP contribution in [0, 0.1) is 17.0 Å². The normalized spacial score (nSPS) is 10.8. The Morgan fingerprint density at radius 3 is 2.62 bits per heavy atom. The molecule has 0 bridgehead atoms. The Morgan fingerprint density at radius 2 is 2.00 bits per heavy atom. The van der Waals surface area contributed by atoms with Gasteiger partial charge in [0, 0.05) is 22.4 Å². The minimum Gasteiger partial charge on any atom is -0.357 e. The van der Waals surface area contributed by atoms with Crippen molar-refractivity contribution in [3.63, 3.8) is 0 Å². The molecule has 0 atom stereocenters. The third kappa shape index (κ3) is 6.08. The van der Waals surface area contributed by atoms with E-state index in [9.17, 15) is 10.1 Å². The van der Waals surface area contributed by atoms with Gasteiger partial charge in [0.1, 0.15) is 0 Å². The maximum absolute atomic E-state index is 11.0. The van der Waals surface area contributed by atoms with Gasteiger partial charge in [0.2, 0.25) is 0 Å². The van der Waals surface area contributed by atoms with Crippen LogP contribution in [-0.2, 0) is 13.1 Å². The number of nitrogens with one attached hydrogen (secondary N) is 2. The molecule has 0 unspecified atom stereocenters. The first-order chi connectivity index (χ1) is 11.1. The van der Waals surface area contributed by atoms with E-state index >= 15 is 0 Å². The predicted octanol–water partition coefficient (Wildman–Crippen LogP) is 3.84. The highest BCUT2D eigenvalue weighted by Crippen LogP contribution is 2.18. The van der Waals surface area contributed by atoms with Crippen molar-refractivity contribution in [1.29, 1.82) is 0 Å². The number of nitro groups is 1. The molecule has 0 aliphatic rings. The largest absolute Gasteiger partial charge is 0.357 e. The number of guanidine groups is 1. The molecular formula is C16H21IN4O2S. The van der Waals surface area contributed by atoms with E-state index in [1.165, 1.54) is 15.8 Å². The van der Waals surface area contributed by atoms with Gasteiger partial charge in [-0.05, 0) is 26.0 Å². The molecule has 8 heteroatoms. The third-order valence-electron chi connectivity index (χ3n) is 3.17. The van der Waals surface area contributed by atoms with E-state index in [4.69, 9.17) is 0 Å². The molecule has 2 aromatic rings. The van der Waals surface area contributed by atoms with E-state index in [2.05, 4.69) is 34.7 Å². The minimum absolute atomic E-state index is 0. The third-order valence-corrected chi connectivity index (χ3v) is 4.17. The summed E-state index contributed by atoms with van der Waals surface area (Å²) in [5, 5.41) is 17.4. The van der Waals surface area contributed by atoms with Crippen molar-refractivity contribution in [1.82, 2.24) is 10.6 Å². The Bertz CT molecular complexity index is 703. The standard InChI is InChI=1S/C16H20N4O2S.HI/c1-3-17-16(19-11-14-9-8-12(2)23-14)18-10-13-6-4-5-7-15(13)20(21)22;/h4-9H,3,10-11H2,1-2H3,(H2,17,18,19);1H. The van der Waals surface area contributed by atoms with E-state index in [0.717, 1.165) is 6.54 Å². The molecule has 1 aromatic carbocycles. The number of nitrogens with zero attached hydrogens (tertiary/aromatic N) is 2. The number of benzene rings is 1. The molecule has 130 valence electrons. The van der Waals surface area contributed by atoms with Crippen LogP contribution in [0.4, 0.5) is 5.69 Å². The number of para-hydroxylation sites is 1. The second-order valence-corrected chi connectivity index (χ2v) is 6.32. The van der Waals surface area contributed by atoms with Gasteiger partial charge < -0.3 is 10.6 Å². The molecule has 0 saturated carbocycles. The van der Waals surface area contributed by atoms with Crippen LogP contribution in [0.15, 0.2) is 41.4 Å². The molecule has 0 radical (unpaired) electrons. The van der Waals surface area contributed by atoms with Crippen molar-refractivity contribution in [2.45, 2.75) is 26.9 Å². The summed E-state index contributed by atoms with van der Waals surface area (Å²) in [6.45, 7) is 5.73. The zero-order valence-corrected chi connectivity index (χ0v) is 16.8. The molecular weight excluding hydrogens is 439 g/mol. The van der Waals surface area contributed by atoms with Gasteiger partial charge in [-0.1, -0.05) is 18.2 Å². The minimum atomic E-state index is -0.375. The molecule has 0 aliphatic heterocycles. The van der Waals surface area contributed by atoms with E-state index in [0.29, 0.717) is 18.1 Å². The second-order valence-electron chi connectivity index (χ2n) is 4.95. The lowest BCUT2D eigenvalue weighted by molar-refractivity contribution is -0.385. The van der Waals surface area contributed by atoms with Gasteiger partial charge in [0.25, 0.3) is 5.69 Å². The van der Waals surface area contributed by atoms with E-state index in [1.807, 2.05) is 6.92 Å². The summed E-state index contributed by atoms with van der Waals surface area (Å²) < 4.78 is 0. The van der Waals surface area contributed by atoms with Gasteiger partial charge in [0.05, 0.1) is 23.6 Å². The van der Waals surface area contributed by atoms with E-state index in [1.54, 1.807) is 29.5 Å². The van der Waals surface area contributed by atoms with Crippen LogP contribution in [0.2, 0.25) is 0 Å². The van der Waals surface area contributed by atoms with Gasteiger partial charge in [-0.3, -0.25) is 10.1 Å². The fourth-order valence-corrected chi connectivity index (χ4v) is 2.91. The Balaban J connectivity index is 0.00000288. The molecule has 1 heterocycles. The smallest absolute Gasteiger partial charge is 0.274 e. The lowest BCUT2D eigenvalue weighted by atomic mass is 10.2. The number of rotatable bonds is 6. The van der Waals surface area contributed by atoms with Crippen molar-refractivity contribution in [3.05, 3.63) is 61.8 Å². The monoisotopic (exact) mass is 460 g/mol. The fraction of sp³-hybridized carbons (Fsp3) is 0.312. The number of hydrogen-bond donors (Lipinski definition) is 2. The highest BCUT2D eigenvalue weighted by molar-refractivity contribution is 14.0. The van der Waals surface area contributed by atoms with Crippen LogP contribution in [0.5, 0.6) is 0 Å². The molecule has 0 fully saturated rings. The molecule has 0 amide bonds. The first-order valence-electron chi connectivity index (χ1n) is 7.40. The van der Waals surface area contributed by atoms with Crippen LogP contribution in [-0.4, -0.2) is 17.4 Å². The number of halogens is 1. The second kappa shape index (κ2) is 10.2. The lowest BCUT2D eigenvalue weighted by Crippen LogP contribution is -2.36. The van der Waals surface area contributed by atoms with Crippen LogP contribution in [0.1, 0.15) is 22.2 Å². The topological polar surface area (TPSA) is 79.6 Å². The summed E-state index contributed by atoms with van der Waals surface area (Å²) in [5.41, 5.74) is 0.697. The molecule has 0 spiro atoms. The van der Waals surface area contributed by atoms with E-state index < -0.39 is 0 Å². The Hall–Kier alpha value is -1.68. The molecule has 6 nitrogen and oxygen atoms in total.